The van der Waals surface area contributed by atoms with Crippen molar-refractivity contribution in [2.45, 2.75) is 77.0 Å². The van der Waals surface area contributed by atoms with Crippen molar-refractivity contribution in [3.05, 3.63) is 90.3 Å². The van der Waals surface area contributed by atoms with E-state index in [1.54, 1.807) is 30.3 Å². The number of benzene rings is 3. The number of halogens is 3. The zero-order valence-electron chi connectivity index (χ0n) is 22.5. The molecule has 1 aliphatic rings. The van der Waals surface area contributed by atoms with Gasteiger partial charge in [0.25, 0.3) is 0 Å². The Balaban J connectivity index is 1.41. The summed E-state index contributed by atoms with van der Waals surface area (Å²) in [5.41, 5.74) is 2.98. The lowest BCUT2D eigenvalue weighted by Gasteiger charge is -2.28. The Bertz CT molecular complexity index is 1190. The van der Waals surface area contributed by atoms with Crippen LogP contribution in [0.1, 0.15) is 82.6 Å². The van der Waals surface area contributed by atoms with E-state index in [9.17, 15) is 8.78 Å². The molecule has 38 heavy (non-hydrogen) atoms. The molecule has 0 unspecified atom stereocenters. The molecule has 0 atom stereocenters. The molecule has 1 aliphatic carbocycles. The van der Waals surface area contributed by atoms with Gasteiger partial charge in [-0.15, -0.1) is 6.58 Å². The molecule has 0 bridgehead atoms. The summed E-state index contributed by atoms with van der Waals surface area (Å²) in [6.07, 6.45) is 12.8. The molecule has 0 radical (unpaired) electrons. The molecule has 3 aromatic carbocycles. The summed E-state index contributed by atoms with van der Waals surface area (Å²) in [6, 6.07) is 15.5. The number of ether oxygens (including phenoxy) is 1. The molecule has 0 saturated heterocycles. The number of allylic oxidation sites excluding steroid dienone is 1. The van der Waals surface area contributed by atoms with Crippen LogP contribution in [0.5, 0.6) is 5.75 Å². The van der Waals surface area contributed by atoms with Crippen LogP contribution in [-0.4, -0.2) is 6.61 Å². The summed E-state index contributed by atoms with van der Waals surface area (Å²) in [6.45, 7) is 6.30. The maximum atomic E-state index is 15.2. The van der Waals surface area contributed by atoms with Crippen LogP contribution in [0.3, 0.4) is 0 Å². The highest BCUT2D eigenvalue weighted by Crippen LogP contribution is 2.39. The Hall–Kier alpha value is -3.01. The molecular formula is C34H39F3O. The highest BCUT2D eigenvalue weighted by Gasteiger charge is 2.23. The van der Waals surface area contributed by atoms with Crippen LogP contribution >= 0.6 is 0 Å². The zero-order valence-corrected chi connectivity index (χ0v) is 22.5. The van der Waals surface area contributed by atoms with E-state index in [-0.39, 0.29) is 17.1 Å². The third-order valence-electron chi connectivity index (χ3n) is 7.90. The first-order chi connectivity index (χ1) is 18.5. The van der Waals surface area contributed by atoms with Gasteiger partial charge in [-0.3, -0.25) is 0 Å². The number of unbranched alkanes of at least 4 members (excludes halogenated alkanes) is 3. The van der Waals surface area contributed by atoms with E-state index < -0.39 is 11.6 Å². The maximum absolute atomic E-state index is 15.2. The second-order valence-electron chi connectivity index (χ2n) is 10.5. The molecule has 0 amide bonds. The van der Waals surface area contributed by atoms with E-state index in [0.29, 0.717) is 29.2 Å². The third kappa shape index (κ3) is 6.89. The minimum atomic E-state index is -0.974. The molecule has 0 heterocycles. The highest BCUT2D eigenvalue weighted by molar-refractivity contribution is 5.71. The fraction of sp³-hybridized carbons (Fsp3) is 0.412. The lowest BCUT2D eigenvalue weighted by molar-refractivity contribution is 0.285. The fourth-order valence-electron chi connectivity index (χ4n) is 5.56. The Labute approximate surface area is 225 Å². The van der Waals surface area contributed by atoms with Crippen LogP contribution in [0.25, 0.3) is 22.3 Å². The van der Waals surface area contributed by atoms with Crippen molar-refractivity contribution in [1.29, 1.82) is 0 Å². The molecule has 0 aromatic heterocycles. The number of hydrogen-bond acceptors (Lipinski definition) is 1. The van der Waals surface area contributed by atoms with Crippen molar-refractivity contribution in [3.8, 4) is 28.0 Å². The third-order valence-corrected chi connectivity index (χ3v) is 7.90. The standard InChI is InChI=1S/C34H39F3O/c1-3-5-7-8-22-38-32-21-20-30(33(36)34(32)37)27-16-14-26(15-17-27)29-19-18-28(23-31(29)35)25-12-10-24(11-13-25)9-6-4-2/h4,14-21,23-25H,2-3,5-13,22H2,1H3. The van der Waals surface area contributed by atoms with E-state index in [1.807, 2.05) is 18.2 Å². The van der Waals surface area contributed by atoms with Crippen LogP contribution in [0.15, 0.2) is 67.3 Å². The summed E-state index contributed by atoms with van der Waals surface area (Å²) in [5, 5.41) is 0. The fourth-order valence-corrected chi connectivity index (χ4v) is 5.56. The quantitative estimate of drug-likeness (QED) is 0.170. The van der Waals surface area contributed by atoms with Crippen molar-refractivity contribution < 1.29 is 17.9 Å². The van der Waals surface area contributed by atoms with Gasteiger partial charge in [0.05, 0.1) is 6.61 Å². The van der Waals surface area contributed by atoms with E-state index in [4.69, 9.17) is 4.74 Å². The summed E-state index contributed by atoms with van der Waals surface area (Å²) < 4.78 is 50.1. The second kappa shape index (κ2) is 13.7. The van der Waals surface area contributed by atoms with Gasteiger partial charge in [-0.05, 0) is 91.7 Å². The molecule has 1 saturated carbocycles. The van der Waals surface area contributed by atoms with Gasteiger partial charge in [-0.1, -0.05) is 68.7 Å². The van der Waals surface area contributed by atoms with Crippen LogP contribution in [0.4, 0.5) is 13.2 Å². The van der Waals surface area contributed by atoms with E-state index in [2.05, 4.69) is 13.5 Å². The van der Waals surface area contributed by atoms with Gasteiger partial charge >= 0.3 is 0 Å². The molecule has 4 heteroatoms. The highest BCUT2D eigenvalue weighted by atomic mass is 19.2. The average Bonchev–Trinajstić information content (AvgIpc) is 2.94. The maximum Gasteiger partial charge on any atom is 0.201 e. The van der Waals surface area contributed by atoms with Gasteiger partial charge in [0, 0.05) is 11.1 Å². The van der Waals surface area contributed by atoms with Crippen molar-refractivity contribution in [3.63, 3.8) is 0 Å². The monoisotopic (exact) mass is 520 g/mol. The largest absolute Gasteiger partial charge is 0.490 e. The predicted octanol–water partition coefficient (Wildman–Crippen LogP) is 10.6. The number of rotatable bonds is 12. The summed E-state index contributed by atoms with van der Waals surface area (Å²) in [7, 11) is 0. The minimum absolute atomic E-state index is 0.0632. The van der Waals surface area contributed by atoms with Crippen molar-refractivity contribution in [1.82, 2.24) is 0 Å². The lowest BCUT2D eigenvalue weighted by Crippen LogP contribution is -2.13. The molecule has 0 spiro atoms. The average molecular weight is 521 g/mol. The van der Waals surface area contributed by atoms with Gasteiger partial charge < -0.3 is 4.74 Å². The molecule has 0 N–H and O–H groups in total. The lowest BCUT2D eigenvalue weighted by atomic mass is 9.77. The van der Waals surface area contributed by atoms with Gasteiger partial charge in [-0.25, -0.2) is 8.78 Å². The first kappa shape index (κ1) is 28.0. The molecule has 3 aromatic rings. The summed E-state index contributed by atoms with van der Waals surface area (Å²) >= 11 is 0. The van der Waals surface area contributed by atoms with Gasteiger partial charge in [0.1, 0.15) is 5.82 Å². The van der Waals surface area contributed by atoms with Crippen LogP contribution in [0.2, 0.25) is 0 Å². The molecule has 4 rings (SSSR count). The van der Waals surface area contributed by atoms with Gasteiger partial charge in [-0.2, -0.15) is 4.39 Å². The van der Waals surface area contributed by atoms with Crippen molar-refractivity contribution in [2.75, 3.05) is 6.61 Å². The zero-order chi connectivity index (χ0) is 26.9. The predicted molar refractivity (Wildman–Crippen MR) is 151 cm³/mol. The van der Waals surface area contributed by atoms with Crippen LogP contribution in [-0.2, 0) is 0 Å². The second-order valence-corrected chi connectivity index (χ2v) is 10.5. The Morgan fingerprint density at radius 3 is 2.16 bits per heavy atom. The van der Waals surface area contributed by atoms with E-state index in [1.165, 1.54) is 31.4 Å². The first-order valence-electron chi connectivity index (χ1n) is 14.1. The molecule has 202 valence electrons. The topological polar surface area (TPSA) is 9.23 Å². The minimum Gasteiger partial charge on any atom is -0.490 e. The summed E-state index contributed by atoms with van der Waals surface area (Å²) in [4.78, 5) is 0. The van der Waals surface area contributed by atoms with Gasteiger partial charge in [0.15, 0.2) is 11.6 Å². The van der Waals surface area contributed by atoms with E-state index in [0.717, 1.165) is 56.4 Å². The molecule has 1 nitrogen and oxygen atoms in total. The van der Waals surface area contributed by atoms with Crippen molar-refractivity contribution >= 4 is 0 Å². The van der Waals surface area contributed by atoms with Crippen LogP contribution < -0.4 is 4.74 Å². The molecule has 0 aliphatic heterocycles. The Morgan fingerprint density at radius 1 is 0.816 bits per heavy atom. The van der Waals surface area contributed by atoms with Crippen molar-refractivity contribution in [2.24, 2.45) is 5.92 Å². The molecule has 1 fully saturated rings. The summed E-state index contributed by atoms with van der Waals surface area (Å²) in [5.74, 6) is -1.06. The van der Waals surface area contributed by atoms with Crippen LogP contribution in [0, 0.1) is 23.4 Å². The first-order valence-corrected chi connectivity index (χ1v) is 14.1. The van der Waals surface area contributed by atoms with E-state index >= 15 is 4.39 Å². The molecular weight excluding hydrogens is 481 g/mol. The Morgan fingerprint density at radius 2 is 1.50 bits per heavy atom. The number of hydrogen-bond donors (Lipinski definition) is 0. The smallest absolute Gasteiger partial charge is 0.201 e. The SMILES string of the molecule is C=CCCC1CCC(c2ccc(-c3ccc(-c4ccc(OCCCCCC)c(F)c4F)cc3)c(F)c2)CC1. The Kier molecular flexibility index (Phi) is 10.1. The normalized spacial score (nSPS) is 17.4. The van der Waals surface area contributed by atoms with Gasteiger partial charge in [0.2, 0.25) is 5.82 Å².